The third-order valence-corrected chi connectivity index (χ3v) is 2.91. The predicted octanol–water partition coefficient (Wildman–Crippen LogP) is 2.61. The van der Waals surface area contributed by atoms with Crippen LogP contribution in [0.3, 0.4) is 0 Å². The summed E-state index contributed by atoms with van der Waals surface area (Å²) in [6.07, 6.45) is 3.31. The normalized spacial score (nSPS) is 12.2. The first-order valence-electron chi connectivity index (χ1n) is 5.80. The maximum absolute atomic E-state index is 13.6. The van der Waals surface area contributed by atoms with Gasteiger partial charge in [0.15, 0.2) is 11.6 Å². The van der Waals surface area contributed by atoms with E-state index < -0.39 is 17.7 Å². The standard InChI is InChI=1S/C14H14F2N2O/c1-19-13-8-18-6-5-10(13)12(17)7-9-3-2-4-11(15)14(9)16/h2-6,8,12H,7,17H2,1H3. The van der Waals surface area contributed by atoms with Gasteiger partial charge >= 0.3 is 0 Å². The molecular weight excluding hydrogens is 250 g/mol. The van der Waals surface area contributed by atoms with Gasteiger partial charge in [0.25, 0.3) is 0 Å². The summed E-state index contributed by atoms with van der Waals surface area (Å²) in [4.78, 5) is 3.92. The van der Waals surface area contributed by atoms with Crippen molar-refractivity contribution < 1.29 is 13.5 Å². The van der Waals surface area contributed by atoms with Crippen LogP contribution >= 0.6 is 0 Å². The highest BCUT2D eigenvalue weighted by atomic mass is 19.2. The molecular formula is C14H14F2N2O. The van der Waals surface area contributed by atoms with E-state index in [-0.39, 0.29) is 12.0 Å². The third-order valence-electron chi connectivity index (χ3n) is 2.91. The zero-order valence-electron chi connectivity index (χ0n) is 10.4. The minimum atomic E-state index is -0.869. The SMILES string of the molecule is COc1cnccc1C(N)Cc1cccc(F)c1F. The molecule has 0 amide bonds. The van der Waals surface area contributed by atoms with Crippen LogP contribution < -0.4 is 10.5 Å². The summed E-state index contributed by atoms with van der Waals surface area (Å²) in [6, 6.07) is 5.28. The summed E-state index contributed by atoms with van der Waals surface area (Å²) in [5.74, 6) is -1.19. The van der Waals surface area contributed by atoms with Crippen LogP contribution in [-0.4, -0.2) is 12.1 Å². The fourth-order valence-corrected chi connectivity index (χ4v) is 1.92. The molecule has 0 radical (unpaired) electrons. The Morgan fingerprint density at radius 1 is 1.32 bits per heavy atom. The van der Waals surface area contributed by atoms with Gasteiger partial charge in [0.1, 0.15) is 5.75 Å². The van der Waals surface area contributed by atoms with E-state index in [4.69, 9.17) is 10.5 Å². The van der Waals surface area contributed by atoms with Gasteiger partial charge in [0, 0.05) is 17.8 Å². The lowest BCUT2D eigenvalue weighted by Gasteiger charge is -2.15. The molecule has 1 aromatic heterocycles. The number of nitrogens with two attached hydrogens (primary N) is 1. The van der Waals surface area contributed by atoms with Gasteiger partial charge in [-0.25, -0.2) is 8.78 Å². The summed E-state index contributed by atoms with van der Waals surface area (Å²) in [5.41, 5.74) is 6.98. The van der Waals surface area contributed by atoms with Gasteiger partial charge < -0.3 is 10.5 Å². The van der Waals surface area contributed by atoms with Crippen molar-refractivity contribution in [2.45, 2.75) is 12.5 Å². The Morgan fingerprint density at radius 3 is 2.84 bits per heavy atom. The molecule has 3 nitrogen and oxygen atoms in total. The molecule has 0 bridgehead atoms. The van der Waals surface area contributed by atoms with Gasteiger partial charge in [-0.3, -0.25) is 4.98 Å². The average Bonchev–Trinajstić information content (AvgIpc) is 2.43. The molecule has 0 aliphatic rings. The smallest absolute Gasteiger partial charge is 0.162 e. The monoisotopic (exact) mass is 264 g/mol. The van der Waals surface area contributed by atoms with Crippen molar-refractivity contribution >= 4 is 0 Å². The zero-order valence-corrected chi connectivity index (χ0v) is 10.4. The topological polar surface area (TPSA) is 48.1 Å². The Bertz CT molecular complexity index is 575. The predicted molar refractivity (Wildman–Crippen MR) is 67.8 cm³/mol. The second-order valence-corrected chi connectivity index (χ2v) is 4.14. The Balaban J connectivity index is 2.26. The van der Waals surface area contributed by atoms with Gasteiger partial charge in [-0.2, -0.15) is 0 Å². The van der Waals surface area contributed by atoms with Crippen LogP contribution in [-0.2, 0) is 6.42 Å². The first-order chi connectivity index (χ1) is 9.13. The molecule has 0 saturated heterocycles. The number of methoxy groups -OCH3 is 1. The number of hydrogen-bond donors (Lipinski definition) is 1. The van der Waals surface area contributed by atoms with Gasteiger partial charge in [-0.05, 0) is 24.1 Å². The number of rotatable bonds is 4. The second kappa shape index (κ2) is 5.75. The molecule has 2 N–H and O–H groups in total. The quantitative estimate of drug-likeness (QED) is 0.923. The highest BCUT2D eigenvalue weighted by Crippen LogP contribution is 2.25. The maximum Gasteiger partial charge on any atom is 0.162 e. The molecule has 5 heteroatoms. The van der Waals surface area contributed by atoms with Crippen LogP contribution in [0.2, 0.25) is 0 Å². The van der Waals surface area contributed by atoms with Gasteiger partial charge in [0.2, 0.25) is 0 Å². The molecule has 2 aromatic rings. The number of hydrogen-bond acceptors (Lipinski definition) is 3. The van der Waals surface area contributed by atoms with E-state index in [1.54, 1.807) is 12.3 Å². The first-order valence-corrected chi connectivity index (χ1v) is 5.80. The molecule has 0 spiro atoms. The fraction of sp³-hybridized carbons (Fsp3) is 0.214. The third kappa shape index (κ3) is 2.88. The Morgan fingerprint density at radius 2 is 2.11 bits per heavy atom. The van der Waals surface area contributed by atoms with E-state index in [2.05, 4.69) is 4.98 Å². The summed E-state index contributed by atoms with van der Waals surface area (Å²) >= 11 is 0. The molecule has 1 unspecified atom stereocenters. The lowest BCUT2D eigenvalue weighted by Crippen LogP contribution is -2.15. The molecule has 19 heavy (non-hydrogen) atoms. The van der Waals surface area contributed by atoms with Gasteiger partial charge in [0.05, 0.1) is 13.3 Å². The number of aromatic nitrogens is 1. The van der Waals surface area contributed by atoms with E-state index in [1.807, 2.05) is 0 Å². The number of nitrogens with zero attached hydrogens (tertiary/aromatic N) is 1. The minimum absolute atomic E-state index is 0.184. The summed E-state index contributed by atoms with van der Waals surface area (Å²) in [5, 5.41) is 0. The second-order valence-electron chi connectivity index (χ2n) is 4.14. The van der Waals surface area contributed by atoms with Crippen molar-refractivity contribution in [1.82, 2.24) is 4.98 Å². The Labute approximate surface area is 110 Å². The fourth-order valence-electron chi connectivity index (χ4n) is 1.92. The van der Waals surface area contributed by atoms with Crippen molar-refractivity contribution in [3.63, 3.8) is 0 Å². The number of halogens is 2. The van der Waals surface area contributed by atoms with Crippen molar-refractivity contribution in [2.24, 2.45) is 5.73 Å². The van der Waals surface area contributed by atoms with Crippen LogP contribution in [0.15, 0.2) is 36.7 Å². The van der Waals surface area contributed by atoms with Crippen LogP contribution in [0, 0.1) is 11.6 Å². The summed E-state index contributed by atoms with van der Waals surface area (Å²) < 4.78 is 31.9. The molecule has 1 aromatic carbocycles. The van der Waals surface area contributed by atoms with Crippen LogP contribution in [0.1, 0.15) is 17.2 Å². The van der Waals surface area contributed by atoms with Crippen LogP contribution in [0.5, 0.6) is 5.75 Å². The summed E-state index contributed by atoms with van der Waals surface area (Å²) in [6.45, 7) is 0. The first kappa shape index (κ1) is 13.4. The van der Waals surface area contributed by atoms with Crippen molar-refractivity contribution in [3.8, 4) is 5.75 Å². The molecule has 0 saturated carbocycles. The minimum Gasteiger partial charge on any atom is -0.495 e. The highest BCUT2D eigenvalue weighted by molar-refractivity contribution is 5.34. The Kier molecular flexibility index (Phi) is 4.06. The lowest BCUT2D eigenvalue weighted by molar-refractivity contribution is 0.403. The molecule has 0 fully saturated rings. The molecule has 100 valence electrons. The molecule has 0 aliphatic heterocycles. The van der Waals surface area contributed by atoms with Gasteiger partial charge in [-0.1, -0.05) is 12.1 Å². The molecule has 0 aliphatic carbocycles. The summed E-state index contributed by atoms with van der Waals surface area (Å²) in [7, 11) is 1.51. The molecule has 2 rings (SSSR count). The van der Waals surface area contributed by atoms with Crippen molar-refractivity contribution in [2.75, 3.05) is 7.11 Å². The Hall–Kier alpha value is -2.01. The largest absolute Gasteiger partial charge is 0.495 e. The molecule has 1 atom stereocenters. The average molecular weight is 264 g/mol. The number of pyridine rings is 1. The maximum atomic E-state index is 13.6. The van der Waals surface area contributed by atoms with E-state index in [0.717, 1.165) is 6.07 Å². The van der Waals surface area contributed by atoms with Crippen molar-refractivity contribution in [3.05, 3.63) is 59.4 Å². The van der Waals surface area contributed by atoms with Gasteiger partial charge in [-0.15, -0.1) is 0 Å². The van der Waals surface area contributed by atoms with Crippen molar-refractivity contribution in [1.29, 1.82) is 0 Å². The van der Waals surface area contributed by atoms with E-state index in [1.165, 1.54) is 25.4 Å². The van der Waals surface area contributed by atoms with Crippen LogP contribution in [0.4, 0.5) is 8.78 Å². The molecule has 1 heterocycles. The van der Waals surface area contributed by atoms with E-state index >= 15 is 0 Å². The van der Waals surface area contributed by atoms with E-state index in [9.17, 15) is 8.78 Å². The van der Waals surface area contributed by atoms with E-state index in [0.29, 0.717) is 11.3 Å². The lowest BCUT2D eigenvalue weighted by atomic mass is 9.99. The highest BCUT2D eigenvalue weighted by Gasteiger charge is 2.16. The van der Waals surface area contributed by atoms with Crippen LogP contribution in [0.25, 0.3) is 0 Å². The zero-order chi connectivity index (χ0) is 13.8. The number of ether oxygens (including phenoxy) is 1. The number of benzene rings is 1.